The van der Waals surface area contributed by atoms with Gasteiger partial charge in [-0.15, -0.1) is 6.58 Å². The molecule has 1 atom stereocenters. The molecule has 0 saturated carbocycles. The monoisotopic (exact) mass is 237 g/mol. The van der Waals surface area contributed by atoms with E-state index in [4.69, 9.17) is 11.6 Å². The molecule has 0 saturated heterocycles. The number of nitrogens with one attached hydrogen (secondary N) is 1. The Hall–Kier alpha value is -0.790. The summed E-state index contributed by atoms with van der Waals surface area (Å²) in [6.07, 6.45) is 5.15. The average molecular weight is 238 g/mol. The largest absolute Gasteiger partial charge is 0.310 e. The highest BCUT2D eigenvalue weighted by atomic mass is 35.5. The third-order valence-corrected chi connectivity index (χ3v) is 2.93. The molecule has 0 aliphatic carbocycles. The normalized spacial score (nSPS) is 12.4. The zero-order chi connectivity index (χ0) is 11.8. The zero-order valence-corrected chi connectivity index (χ0v) is 10.6. The van der Waals surface area contributed by atoms with Gasteiger partial charge in [0.15, 0.2) is 0 Å². The topological polar surface area (TPSA) is 12.0 Å². The zero-order valence-electron chi connectivity index (χ0n) is 9.88. The van der Waals surface area contributed by atoms with Crippen LogP contribution in [0, 0.1) is 0 Å². The minimum Gasteiger partial charge on any atom is -0.310 e. The van der Waals surface area contributed by atoms with Crippen LogP contribution in [0.25, 0.3) is 0 Å². The van der Waals surface area contributed by atoms with E-state index in [1.165, 1.54) is 5.56 Å². The number of hydrogen-bond donors (Lipinski definition) is 1. The number of rotatable bonds is 7. The molecular formula is C14H20ClN. The Morgan fingerprint density at radius 2 is 2.19 bits per heavy atom. The molecule has 2 heteroatoms. The van der Waals surface area contributed by atoms with Crippen LogP contribution in [0.2, 0.25) is 5.02 Å². The van der Waals surface area contributed by atoms with Crippen molar-refractivity contribution >= 4 is 11.6 Å². The van der Waals surface area contributed by atoms with Gasteiger partial charge >= 0.3 is 0 Å². The molecule has 0 aliphatic heterocycles. The van der Waals surface area contributed by atoms with Gasteiger partial charge in [0.2, 0.25) is 0 Å². The van der Waals surface area contributed by atoms with Crippen molar-refractivity contribution in [3.05, 3.63) is 47.5 Å². The Morgan fingerprint density at radius 3 is 2.81 bits per heavy atom. The Morgan fingerprint density at radius 1 is 1.44 bits per heavy atom. The van der Waals surface area contributed by atoms with Gasteiger partial charge < -0.3 is 5.32 Å². The van der Waals surface area contributed by atoms with Crippen molar-refractivity contribution in [2.24, 2.45) is 0 Å². The first kappa shape index (κ1) is 13.3. The second kappa shape index (κ2) is 7.48. The molecule has 0 spiro atoms. The van der Waals surface area contributed by atoms with Crippen molar-refractivity contribution in [1.29, 1.82) is 0 Å². The summed E-state index contributed by atoms with van der Waals surface area (Å²) in [6, 6.07) is 8.39. The molecule has 1 unspecified atom stereocenters. The molecule has 0 aromatic heterocycles. The van der Waals surface area contributed by atoms with Gasteiger partial charge in [-0.25, -0.2) is 0 Å². The smallest absolute Gasteiger partial charge is 0.0453 e. The van der Waals surface area contributed by atoms with E-state index in [1.807, 2.05) is 24.3 Å². The van der Waals surface area contributed by atoms with Gasteiger partial charge in [-0.3, -0.25) is 0 Å². The maximum Gasteiger partial charge on any atom is 0.0453 e. The highest BCUT2D eigenvalue weighted by Crippen LogP contribution is 2.26. The SMILES string of the molecule is C=CCCC(NCCC)c1ccccc1Cl. The molecular weight excluding hydrogens is 218 g/mol. The summed E-state index contributed by atoms with van der Waals surface area (Å²) in [6.45, 7) is 6.96. The molecule has 1 nitrogen and oxygen atoms in total. The average Bonchev–Trinajstić information content (AvgIpc) is 2.31. The van der Waals surface area contributed by atoms with Crippen LogP contribution in [0.1, 0.15) is 37.8 Å². The first-order valence-corrected chi connectivity index (χ1v) is 6.26. The van der Waals surface area contributed by atoms with Crippen molar-refractivity contribution in [3.8, 4) is 0 Å². The van der Waals surface area contributed by atoms with E-state index >= 15 is 0 Å². The fourth-order valence-corrected chi connectivity index (χ4v) is 2.00. The lowest BCUT2D eigenvalue weighted by Gasteiger charge is -2.19. The Balaban J connectivity index is 2.74. The highest BCUT2D eigenvalue weighted by molar-refractivity contribution is 6.31. The van der Waals surface area contributed by atoms with Crippen LogP contribution in [0.15, 0.2) is 36.9 Å². The summed E-state index contributed by atoms with van der Waals surface area (Å²) in [4.78, 5) is 0. The van der Waals surface area contributed by atoms with Gasteiger partial charge in [-0.05, 0) is 37.4 Å². The Bertz CT molecular complexity index is 322. The maximum atomic E-state index is 6.21. The van der Waals surface area contributed by atoms with Gasteiger partial charge in [-0.1, -0.05) is 42.8 Å². The van der Waals surface area contributed by atoms with E-state index in [2.05, 4.69) is 24.9 Å². The number of benzene rings is 1. The summed E-state index contributed by atoms with van der Waals surface area (Å²) in [5.74, 6) is 0. The Kier molecular flexibility index (Phi) is 6.20. The minimum absolute atomic E-state index is 0.339. The fourth-order valence-electron chi connectivity index (χ4n) is 1.73. The molecule has 0 fully saturated rings. The van der Waals surface area contributed by atoms with Crippen molar-refractivity contribution in [2.75, 3.05) is 6.54 Å². The molecule has 16 heavy (non-hydrogen) atoms. The summed E-state index contributed by atoms with van der Waals surface area (Å²) in [5.41, 5.74) is 1.19. The van der Waals surface area contributed by atoms with Gasteiger partial charge in [-0.2, -0.15) is 0 Å². The van der Waals surface area contributed by atoms with Crippen molar-refractivity contribution in [1.82, 2.24) is 5.32 Å². The lowest BCUT2D eigenvalue weighted by atomic mass is 10.0. The predicted molar refractivity (Wildman–Crippen MR) is 71.9 cm³/mol. The van der Waals surface area contributed by atoms with Gasteiger partial charge in [0.05, 0.1) is 0 Å². The highest BCUT2D eigenvalue weighted by Gasteiger charge is 2.12. The van der Waals surface area contributed by atoms with Crippen molar-refractivity contribution in [3.63, 3.8) is 0 Å². The molecule has 0 heterocycles. The van der Waals surface area contributed by atoms with Crippen LogP contribution in [0.4, 0.5) is 0 Å². The molecule has 0 radical (unpaired) electrons. The van der Waals surface area contributed by atoms with Crippen LogP contribution in [-0.4, -0.2) is 6.54 Å². The molecule has 1 rings (SSSR count). The molecule has 1 aromatic rings. The standard InChI is InChI=1S/C14H20ClN/c1-3-5-10-14(16-11-4-2)12-8-6-7-9-13(12)15/h3,6-9,14,16H,1,4-5,10-11H2,2H3. The molecule has 1 aromatic carbocycles. The van der Waals surface area contributed by atoms with E-state index in [1.54, 1.807) is 0 Å². The summed E-state index contributed by atoms with van der Waals surface area (Å²) in [5, 5.41) is 4.38. The van der Waals surface area contributed by atoms with E-state index in [9.17, 15) is 0 Å². The third kappa shape index (κ3) is 3.99. The summed E-state index contributed by atoms with van der Waals surface area (Å²) in [7, 11) is 0. The minimum atomic E-state index is 0.339. The van der Waals surface area contributed by atoms with Gasteiger partial charge in [0.1, 0.15) is 0 Å². The third-order valence-electron chi connectivity index (χ3n) is 2.58. The number of halogens is 1. The Labute approximate surface area is 104 Å². The predicted octanol–water partition coefficient (Wildman–Crippen LogP) is 4.35. The maximum absolute atomic E-state index is 6.21. The van der Waals surface area contributed by atoms with E-state index < -0.39 is 0 Å². The first-order valence-electron chi connectivity index (χ1n) is 5.88. The van der Waals surface area contributed by atoms with Crippen LogP contribution in [0.3, 0.4) is 0 Å². The molecule has 88 valence electrons. The lowest BCUT2D eigenvalue weighted by molar-refractivity contribution is 0.503. The quantitative estimate of drug-likeness (QED) is 0.696. The second-order valence-electron chi connectivity index (χ2n) is 3.89. The van der Waals surface area contributed by atoms with Crippen LogP contribution in [-0.2, 0) is 0 Å². The van der Waals surface area contributed by atoms with Crippen molar-refractivity contribution in [2.45, 2.75) is 32.2 Å². The van der Waals surface area contributed by atoms with E-state index in [-0.39, 0.29) is 0 Å². The van der Waals surface area contributed by atoms with Crippen LogP contribution >= 0.6 is 11.6 Å². The number of allylic oxidation sites excluding steroid dienone is 1. The second-order valence-corrected chi connectivity index (χ2v) is 4.30. The molecule has 0 aliphatic rings. The lowest BCUT2D eigenvalue weighted by Crippen LogP contribution is -2.22. The van der Waals surface area contributed by atoms with E-state index in [0.717, 1.165) is 30.8 Å². The number of hydrogen-bond acceptors (Lipinski definition) is 1. The van der Waals surface area contributed by atoms with Crippen LogP contribution in [0.5, 0.6) is 0 Å². The molecule has 0 amide bonds. The van der Waals surface area contributed by atoms with Gasteiger partial charge in [0.25, 0.3) is 0 Å². The van der Waals surface area contributed by atoms with Crippen molar-refractivity contribution < 1.29 is 0 Å². The fraction of sp³-hybridized carbons (Fsp3) is 0.429. The molecule has 1 N–H and O–H groups in total. The summed E-state index contributed by atoms with van der Waals surface area (Å²) < 4.78 is 0. The van der Waals surface area contributed by atoms with Gasteiger partial charge in [0, 0.05) is 11.1 Å². The summed E-state index contributed by atoms with van der Waals surface area (Å²) >= 11 is 6.21. The first-order chi connectivity index (χ1) is 7.79. The molecule has 0 bridgehead atoms. The van der Waals surface area contributed by atoms with E-state index in [0.29, 0.717) is 6.04 Å². The van der Waals surface area contributed by atoms with Crippen LogP contribution < -0.4 is 5.32 Å².